The Labute approximate surface area is 197 Å². The van der Waals surface area contributed by atoms with Gasteiger partial charge in [0.05, 0.1) is 0 Å². The van der Waals surface area contributed by atoms with Crippen molar-refractivity contribution in [2.24, 2.45) is 0 Å². The van der Waals surface area contributed by atoms with Gasteiger partial charge in [0, 0.05) is 5.57 Å². The maximum atomic E-state index is 11.2. The lowest BCUT2D eigenvalue weighted by Gasteiger charge is -2.05. The monoisotopic (exact) mass is 434 g/mol. The summed E-state index contributed by atoms with van der Waals surface area (Å²) in [7, 11) is 0. The van der Waals surface area contributed by atoms with E-state index < -0.39 is 0 Å². The van der Waals surface area contributed by atoms with E-state index in [1.807, 2.05) is 0 Å². The minimum Gasteiger partial charge on any atom is -0.234 e. The Balaban J connectivity index is 3.29. The van der Waals surface area contributed by atoms with E-state index in [4.69, 9.17) is 0 Å². The SMILES string of the molecule is CCCCCCCCCCCCCCCCC(=C=O)CCCCCCCCCCCC. The molecule has 0 aliphatic rings. The average molecular weight is 435 g/mol. The zero-order valence-electron chi connectivity index (χ0n) is 21.8. The minimum atomic E-state index is 0.998. The topological polar surface area (TPSA) is 17.1 Å². The third-order valence-corrected chi connectivity index (χ3v) is 6.81. The van der Waals surface area contributed by atoms with E-state index in [9.17, 15) is 4.79 Å². The lowest BCUT2D eigenvalue weighted by molar-refractivity contribution is 0.531. The smallest absolute Gasteiger partial charge is 0.123 e. The molecule has 0 aliphatic carbocycles. The number of carbonyl (C=O) groups excluding carboxylic acids is 1. The van der Waals surface area contributed by atoms with Crippen LogP contribution in [0.25, 0.3) is 0 Å². The van der Waals surface area contributed by atoms with Crippen molar-refractivity contribution in [2.75, 3.05) is 0 Å². The lowest BCUT2D eigenvalue weighted by Crippen LogP contribution is -1.89. The molecule has 0 amide bonds. The number of rotatable bonds is 26. The molecular weight excluding hydrogens is 376 g/mol. The molecule has 0 rings (SSSR count). The Kier molecular flexibility index (Phi) is 27.0. The summed E-state index contributed by atoms with van der Waals surface area (Å²) in [6, 6.07) is 0. The second-order valence-corrected chi connectivity index (χ2v) is 9.98. The van der Waals surface area contributed by atoms with Crippen LogP contribution in [-0.2, 0) is 4.79 Å². The predicted octanol–water partition coefficient (Wildman–Crippen LogP) is 10.9. The Hall–Kier alpha value is -0.550. The van der Waals surface area contributed by atoms with E-state index in [-0.39, 0.29) is 0 Å². The number of allylic oxidation sites excluding steroid dienone is 1. The summed E-state index contributed by atoms with van der Waals surface area (Å²) in [4.78, 5) is 11.2. The molecule has 0 heterocycles. The van der Waals surface area contributed by atoms with Gasteiger partial charge >= 0.3 is 0 Å². The zero-order valence-corrected chi connectivity index (χ0v) is 21.8. The first kappa shape index (κ1) is 30.4. The quantitative estimate of drug-likeness (QED) is 0.0976. The summed E-state index contributed by atoms with van der Waals surface area (Å²) in [5, 5.41) is 0. The summed E-state index contributed by atoms with van der Waals surface area (Å²) in [5.41, 5.74) is 1.05. The van der Waals surface area contributed by atoms with Gasteiger partial charge in [-0.15, -0.1) is 0 Å². The summed E-state index contributed by atoms with van der Waals surface area (Å²) < 4.78 is 0. The predicted molar refractivity (Wildman–Crippen MR) is 141 cm³/mol. The van der Waals surface area contributed by atoms with Crippen LogP contribution in [0.1, 0.15) is 181 Å². The number of unbranched alkanes of at least 4 members (excludes halogenated alkanes) is 22. The van der Waals surface area contributed by atoms with Crippen molar-refractivity contribution < 1.29 is 4.79 Å². The van der Waals surface area contributed by atoms with E-state index in [1.54, 1.807) is 0 Å². The molecule has 0 fully saturated rings. The molecule has 0 saturated heterocycles. The Morgan fingerprint density at radius 2 is 0.613 bits per heavy atom. The van der Waals surface area contributed by atoms with Gasteiger partial charge in [0.15, 0.2) is 0 Å². The summed E-state index contributed by atoms with van der Waals surface area (Å²) in [5.74, 6) is 2.25. The molecule has 0 spiro atoms. The second kappa shape index (κ2) is 27.5. The van der Waals surface area contributed by atoms with Crippen LogP contribution in [0.2, 0.25) is 0 Å². The molecule has 0 aliphatic heterocycles. The molecule has 31 heavy (non-hydrogen) atoms. The van der Waals surface area contributed by atoms with Crippen molar-refractivity contribution in [1.82, 2.24) is 0 Å². The molecule has 1 nitrogen and oxygen atoms in total. The third-order valence-electron chi connectivity index (χ3n) is 6.81. The van der Waals surface area contributed by atoms with Crippen molar-refractivity contribution >= 4 is 5.94 Å². The third kappa shape index (κ3) is 25.6. The molecule has 0 aromatic rings. The van der Waals surface area contributed by atoms with Gasteiger partial charge in [-0.3, -0.25) is 0 Å². The van der Waals surface area contributed by atoms with Gasteiger partial charge in [-0.25, -0.2) is 4.79 Å². The first-order valence-corrected chi connectivity index (χ1v) is 14.6. The molecule has 0 bridgehead atoms. The highest BCUT2D eigenvalue weighted by Crippen LogP contribution is 2.18. The van der Waals surface area contributed by atoms with Crippen LogP contribution in [0.15, 0.2) is 5.57 Å². The molecule has 0 N–H and O–H groups in total. The number of hydrogen-bond acceptors (Lipinski definition) is 1. The van der Waals surface area contributed by atoms with Crippen LogP contribution >= 0.6 is 0 Å². The molecule has 0 atom stereocenters. The van der Waals surface area contributed by atoms with Crippen LogP contribution in [0.4, 0.5) is 0 Å². The fourth-order valence-corrected chi connectivity index (χ4v) is 4.59. The van der Waals surface area contributed by atoms with E-state index in [2.05, 4.69) is 19.8 Å². The molecule has 0 radical (unpaired) electrons. The Morgan fingerprint density at radius 1 is 0.387 bits per heavy atom. The van der Waals surface area contributed by atoms with Gasteiger partial charge in [0.1, 0.15) is 5.94 Å². The Bertz CT molecular complexity index is 380. The Morgan fingerprint density at radius 3 is 0.839 bits per heavy atom. The van der Waals surface area contributed by atoms with Crippen LogP contribution in [-0.4, -0.2) is 5.94 Å². The maximum absolute atomic E-state index is 11.2. The lowest BCUT2D eigenvalue weighted by atomic mass is 10.00. The zero-order chi connectivity index (χ0) is 22.7. The highest BCUT2D eigenvalue weighted by atomic mass is 16.1. The van der Waals surface area contributed by atoms with Gasteiger partial charge in [-0.2, -0.15) is 0 Å². The van der Waals surface area contributed by atoms with Crippen molar-refractivity contribution in [2.45, 2.75) is 181 Å². The van der Waals surface area contributed by atoms with Crippen molar-refractivity contribution in [3.63, 3.8) is 0 Å². The van der Waals surface area contributed by atoms with E-state index >= 15 is 0 Å². The van der Waals surface area contributed by atoms with Gasteiger partial charge in [0.25, 0.3) is 0 Å². The first-order valence-electron chi connectivity index (χ1n) is 14.6. The van der Waals surface area contributed by atoms with E-state index in [0.717, 1.165) is 18.4 Å². The minimum absolute atomic E-state index is 0.998. The highest BCUT2D eigenvalue weighted by Gasteiger charge is 2.01. The van der Waals surface area contributed by atoms with Crippen LogP contribution < -0.4 is 0 Å². The molecule has 1 heteroatoms. The maximum Gasteiger partial charge on any atom is 0.123 e. The van der Waals surface area contributed by atoms with Crippen LogP contribution in [0, 0.1) is 0 Å². The molecule has 0 saturated carbocycles. The molecule has 0 aromatic carbocycles. The van der Waals surface area contributed by atoms with Gasteiger partial charge in [-0.1, -0.05) is 155 Å². The van der Waals surface area contributed by atoms with Crippen LogP contribution in [0.5, 0.6) is 0 Å². The highest BCUT2D eigenvalue weighted by molar-refractivity contribution is 5.52. The summed E-state index contributed by atoms with van der Waals surface area (Å²) in [6.07, 6.45) is 35.1. The molecule has 184 valence electrons. The van der Waals surface area contributed by atoms with Crippen molar-refractivity contribution in [3.05, 3.63) is 5.57 Å². The van der Waals surface area contributed by atoms with E-state index in [0.29, 0.717) is 0 Å². The second-order valence-electron chi connectivity index (χ2n) is 9.98. The average Bonchev–Trinajstić information content (AvgIpc) is 2.79. The molecule has 0 unspecified atom stereocenters. The van der Waals surface area contributed by atoms with Gasteiger partial charge in [0.2, 0.25) is 0 Å². The van der Waals surface area contributed by atoms with Crippen molar-refractivity contribution in [3.8, 4) is 0 Å². The molecular formula is C30H58O. The first-order chi connectivity index (χ1) is 15.3. The van der Waals surface area contributed by atoms with Gasteiger partial charge in [-0.05, 0) is 25.7 Å². The normalized spacial score (nSPS) is 11.0. The van der Waals surface area contributed by atoms with Crippen molar-refractivity contribution in [1.29, 1.82) is 0 Å². The van der Waals surface area contributed by atoms with E-state index in [1.165, 1.54) is 154 Å². The number of hydrogen-bond donors (Lipinski definition) is 0. The standard InChI is InChI=1S/C30H58O/c1-3-5-7-9-11-13-15-16-17-18-20-22-24-26-28-30(29-31)27-25-23-21-19-14-12-10-8-6-4-2/h3-28H2,1-2H3. The summed E-state index contributed by atoms with van der Waals surface area (Å²) in [6.45, 7) is 4.57. The fourth-order valence-electron chi connectivity index (χ4n) is 4.59. The van der Waals surface area contributed by atoms with Gasteiger partial charge < -0.3 is 0 Å². The fraction of sp³-hybridized carbons (Fsp3) is 0.933. The van der Waals surface area contributed by atoms with Crippen LogP contribution in [0.3, 0.4) is 0 Å². The molecule has 0 aromatic heterocycles. The summed E-state index contributed by atoms with van der Waals surface area (Å²) >= 11 is 0. The largest absolute Gasteiger partial charge is 0.234 e.